The number of H-pyrrole nitrogens is 1. The smallest absolute Gasteiger partial charge is 0.261 e. The van der Waals surface area contributed by atoms with Gasteiger partial charge >= 0.3 is 0 Å². The molecule has 3 aromatic heterocycles. The third kappa shape index (κ3) is 4.90. The van der Waals surface area contributed by atoms with Gasteiger partial charge in [-0.15, -0.1) is 0 Å². The molecular weight excluding hydrogens is 576 g/mol. The van der Waals surface area contributed by atoms with Crippen molar-refractivity contribution >= 4 is 50.4 Å². The Kier molecular flexibility index (Phi) is 7.16. The third-order valence-corrected chi connectivity index (χ3v) is 8.01. The first-order valence-electron chi connectivity index (χ1n) is 13.2. The van der Waals surface area contributed by atoms with Crippen LogP contribution in [0.25, 0.3) is 55.8 Å². The molecule has 0 aliphatic heterocycles. The molecule has 0 saturated heterocycles. The van der Waals surface area contributed by atoms with Gasteiger partial charge in [0.1, 0.15) is 28.7 Å². The Hall–Kier alpha value is -5.07. The predicted octanol–water partition coefficient (Wildman–Crippen LogP) is 6.49. The number of fused-ring (bicyclic) bond motifs is 2. The van der Waals surface area contributed by atoms with Gasteiger partial charge in [-0.2, -0.15) is 0 Å². The van der Waals surface area contributed by atoms with Crippen LogP contribution in [0.4, 0.5) is 20.2 Å². The zero-order chi connectivity index (χ0) is 30.4. The van der Waals surface area contributed by atoms with Crippen molar-refractivity contribution in [3.63, 3.8) is 0 Å². The van der Waals surface area contributed by atoms with E-state index in [1.165, 1.54) is 41.7 Å². The average Bonchev–Trinajstić information content (AvgIpc) is 3.60. The number of furan rings is 1. The minimum Gasteiger partial charge on any atom is -0.455 e. The molecule has 6 rings (SSSR count). The molecule has 3 heterocycles. The minimum absolute atomic E-state index is 0.151. The highest BCUT2D eigenvalue weighted by molar-refractivity contribution is 7.80. The lowest BCUT2D eigenvalue weighted by Gasteiger charge is -2.21. The van der Waals surface area contributed by atoms with E-state index >= 15 is 0 Å². The van der Waals surface area contributed by atoms with Crippen LogP contribution in [0.2, 0.25) is 0 Å². The van der Waals surface area contributed by atoms with Crippen LogP contribution in [-0.2, 0) is 11.3 Å². The van der Waals surface area contributed by atoms with Crippen LogP contribution < -0.4 is 15.4 Å². The number of carbonyl (C=O) groups excluding carboxylic acids is 1. The average molecular weight is 602 g/mol. The van der Waals surface area contributed by atoms with Crippen molar-refractivity contribution in [1.29, 1.82) is 0 Å². The number of pyridine rings is 1. The lowest BCUT2D eigenvalue weighted by molar-refractivity contribution is 0.0964. The number of hydrogen-bond acceptors (Lipinski definition) is 5. The lowest BCUT2D eigenvalue weighted by atomic mass is 10.00. The zero-order valence-electron chi connectivity index (χ0n) is 22.9. The summed E-state index contributed by atoms with van der Waals surface area (Å²) in [5, 5.41) is 3.41. The first-order valence-corrected chi connectivity index (χ1v) is 14.3. The van der Waals surface area contributed by atoms with Crippen molar-refractivity contribution in [2.24, 2.45) is 0 Å². The third-order valence-electron chi connectivity index (χ3n) is 7.18. The van der Waals surface area contributed by atoms with Crippen LogP contribution >= 0.6 is 0 Å². The molecule has 0 spiro atoms. The molecule has 1 amide bonds. The number of nitrogen functional groups attached to an aromatic ring is 1. The number of benzene rings is 3. The number of carbonyl (C=O) groups is 1. The number of aromatic nitrogens is 2. The fraction of sp³-hybridized carbons (Fsp3) is 0.0968. The van der Waals surface area contributed by atoms with Crippen LogP contribution in [0.1, 0.15) is 17.3 Å². The second-order valence-corrected chi connectivity index (χ2v) is 10.6. The van der Waals surface area contributed by atoms with Gasteiger partial charge in [-0.05, 0) is 67.6 Å². The molecule has 43 heavy (non-hydrogen) atoms. The van der Waals surface area contributed by atoms with Gasteiger partial charge in [-0.3, -0.25) is 13.7 Å². The van der Waals surface area contributed by atoms with Crippen molar-refractivity contribution in [2.45, 2.75) is 6.92 Å². The summed E-state index contributed by atoms with van der Waals surface area (Å²) in [6, 6.07) is 18.3. The minimum atomic E-state index is -2.42. The topological polar surface area (TPSA) is 137 Å². The molecule has 0 fully saturated rings. The van der Waals surface area contributed by atoms with Crippen LogP contribution in [-0.4, -0.2) is 38.2 Å². The monoisotopic (exact) mass is 601 g/mol. The molecule has 3 aromatic carbocycles. The second kappa shape index (κ2) is 11.0. The van der Waals surface area contributed by atoms with Gasteiger partial charge in [0.25, 0.3) is 17.2 Å². The Morgan fingerprint density at radius 3 is 2.53 bits per heavy atom. The number of rotatable bonds is 7. The quantitative estimate of drug-likeness (QED) is 0.154. The van der Waals surface area contributed by atoms with Crippen molar-refractivity contribution in [3.05, 3.63) is 90.0 Å². The largest absolute Gasteiger partial charge is 0.455 e. The van der Waals surface area contributed by atoms with Gasteiger partial charge in [0.05, 0.1) is 28.3 Å². The number of halogens is 2. The fourth-order valence-electron chi connectivity index (χ4n) is 5.15. The number of hydrogen-bond donors (Lipinski definition) is 4. The lowest BCUT2D eigenvalue weighted by Crippen LogP contribution is -2.25. The Bertz CT molecular complexity index is 2060. The van der Waals surface area contributed by atoms with E-state index in [4.69, 9.17) is 15.1 Å². The van der Waals surface area contributed by atoms with E-state index in [1.807, 2.05) is 0 Å². The molecule has 12 heteroatoms. The maximum atomic E-state index is 14.5. The van der Waals surface area contributed by atoms with Gasteiger partial charge < -0.3 is 20.5 Å². The van der Waals surface area contributed by atoms with E-state index in [-0.39, 0.29) is 23.5 Å². The number of nitrogens with one attached hydrogen (secondary N) is 2. The van der Waals surface area contributed by atoms with E-state index in [1.54, 1.807) is 49.4 Å². The molecule has 6 aromatic rings. The maximum absolute atomic E-state index is 14.5. The summed E-state index contributed by atoms with van der Waals surface area (Å²) in [5.41, 5.74) is 10.1. The second-order valence-electron chi connectivity index (χ2n) is 9.70. The molecule has 0 radical (unpaired) electrons. The summed E-state index contributed by atoms with van der Waals surface area (Å²) >= 11 is -2.42. The van der Waals surface area contributed by atoms with Gasteiger partial charge in [0.2, 0.25) is 0 Å². The summed E-state index contributed by atoms with van der Waals surface area (Å²) in [4.78, 5) is 21.1. The van der Waals surface area contributed by atoms with Crippen LogP contribution in [0.15, 0.2) is 77.2 Å². The molecule has 1 atom stereocenters. The molecular formula is C31H25F2N5O4S. The zero-order valence-corrected chi connectivity index (χ0v) is 23.8. The molecule has 5 N–H and O–H groups in total. The van der Waals surface area contributed by atoms with E-state index in [0.717, 1.165) is 0 Å². The van der Waals surface area contributed by atoms with E-state index < -0.39 is 28.8 Å². The summed E-state index contributed by atoms with van der Waals surface area (Å²) in [6.07, 6.45) is 0. The Morgan fingerprint density at radius 1 is 1.09 bits per heavy atom. The maximum Gasteiger partial charge on any atom is 0.261 e. The van der Waals surface area contributed by atoms with Crippen LogP contribution in [0.5, 0.6) is 0 Å². The molecule has 218 valence electrons. The Labute approximate surface area is 246 Å². The van der Waals surface area contributed by atoms with E-state index in [2.05, 4.69) is 10.3 Å². The number of anilines is 2. The highest BCUT2D eigenvalue weighted by Gasteiger charge is 2.26. The Morgan fingerprint density at radius 2 is 1.86 bits per heavy atom. The Balaban J connectivity index is 1.62. The molecule has 0 saturated carbocycles. The van der Waals surface area contributed by atoms with E-state index in [9.17, 15) is 22.3 Å². The summed E-state index contributed by atoms with van der Waals surface area (Å²) in [6.45, 7) is 1.86. The normalized spacial score (nSPS) is 12.1. The molecule has 0 bridgehead atoms. The predicted molar refractivity (Wildman–Crippen MR) is 164 cm³/mol. The fourth-order valence-corrected chi connectivity index (χ4v) is 5.69. The van der Waals surface area contributed by atoms with Gasteiger partial charge in [-0.25, -0.2) is 18.0 Å². The molecule has 0 aliphatic carbocycles. The number of nitrogens with two attached hydrogens (primary N) is 1. The standard InChI is InChI=1S/C31H25F2N5O4S/c1-3-38(43(40)41)26-15-27-20(28(31(39)35-2)30(42-27)16-7-9-17(32)10-8-16)13-19(26)24-12-11-22(34)29(37-24)25-14-18-21(33)5-4-6-23(18)36-25/h4-15,36H,3,34H2,1-2H3,(H,35,39)(H,40,41). The van der Waals surface area contributed by atoms with Gasteiger partial charge in [0, 0.05) is 47.1 Å². The van der Waals surface area contributed by atoms with Crippen molar-refractivity contribution in [3.8, 4) is 34.0 Å². The number of aromatic amines is 1. The summed E-state index contributed by atoms with van der Waals surface area (Å²) in [5.74, 6) is -1.08. The first-order chi connectivity index (χ1) is 20.7. The summed E-state index contributed by atoms with van der Waals surface area (Å²) < 4.78 is 58.1. The highest BCUT2D eigenvalue weighted by atomic mass is 32.2. The van der Waals surface area contributed by atoms with E-state index in [0.29, 0.717) is 55.9 Å². The first kappa shape index (κ1) is 28.1. The van der Waals surface area contributed by atoms with Crippen LogP contribution in [0, 0.1) is 11.6 Å². The molecule has 0 aliphatic rings. The van der Waals surface area contributed by atoms with Crippen molar-refractivity contribution in [1.82, 2.24) is 15.3 Å². The van der Waals surface area contributed by atoms with Crippen molar-refractivity contribution < 1.29 is 26.8 Å². The number of nitrogens with zero attached hydrogens (tertiary/aromatic N) is 2. The van der Waals surface area contributed by atoms with Crippen molar-refractivity contribution in [2.75, 3.05) is 23.6 Å². The van der Waals surface area contributed by atoms with Gasteiger partial charge in [-0.1, -0.05) is 6.07 Å². The highest BCUT2D eigenvalue weighted by Crippen LogP contribution is 2.42. The van der Waals surface area contributed by atoms with Gasteiger partial charge in [0.15, 0.2) is 0 Å². The van der Waals surface area contributed by atoms with Crippen LogP contribution in [0.3, 0.4) is 0 Å². The molecule has 9 nitrogen and oxygen atoms in total. The molecule has 1 unspecified atom stereocenters. The SMILES string of the molecule is CCN(c1cc2oc(-c3ccc(F)cc3)c(C(=O)NC)c2cc1-c1ccc(N)c(-c2cc3c(F)cccc3[nH]2)n1)S(=O)O. The number of amides is 1. The summed E-state index contributed by atoms with van der Waals surface area (Å²) in [7, 11) is 1.48.